The van der Waals surface area contributed by atoms with Crippen molar-refractivity contribution in [1.82, 2.24) is 0 Å². The number of phenolic OH excluding ortho intramolecular Hbond substituents is 1. The van der Waals surface area contributed by atoms with Crippen LogP contribution in [0.25, 0.3) is 21.5 Å². The van der Waals surface area contributed by atoms with Gasteiger partial charge in [-0.3, -0.25) is 9.59 Å². The van der Waals surface area contributed by atoms with Gasteiger partial charge in [-0.2, -0.15) is 0 Å². The van der Waals surface area contributed by atoms with E-state index in [2.05, 4.69) is 0 Å². The minimum Gasteiger partial charge on any atom is -0.504 e. The average molecular weight is 344 g/mol. The van der Waals surface area contributed by atoms with Crippen LogP contribution in [0.3, 0.4) is 0 Å². The van der Waals surface area contributed by atoms with E-state index >= 15 is 0 Å². The third-order valence-corrected chi connectivity index (χ3v) is 5.41. The number of aromatic hydroxyl groups is 3. The zero-order valence-electron chi connectivity index (χ0n) is 14.1. The number of hydrogen-bond donors (Lipinski definition) is 3. The molecule has 3 aromatic rings. The number of rotatable bonds is 0. The Bertz CT molecular complexity index is 1190. The van der Waals surface area contributed by atoms with Crippen molar-refractivity contribution in [2.24, 2.45) is 0 Å². The van der Waals surface area contributed by atoms with Crippen molar-refractivity contribution in [3.05, 3.63) is 31.6 Å². The molecule has 25 heavy (non-hydrogen) atoms. The first-order valence-electron chi connectivity index (χ1n) is 7.79. The van der Waals surface area contributed by atoms with Crippen LogP contribution in [0, 0.1) is 6.92 Å². The predicted molar refractivity (Wildman–Crippen MR) is 90.3 cm³/mol. The maximum Gasteiger partial charge on any atom is 0.297 e. The van der Waals surface area contributed by atoms with Crippen LogP contribution in [0.4, 0.5) is 0 Å². The number of ether oxygens (including phenoxy) is 1. The van der Waals surface area contributed by atoms with Gasteiger partial charge in [-0.15, -0.1) is 0 Å². The fourth-order valence-corrected chi connectivity index (χ4v) is 3.67. The summed E-state index contributed by atoms with van der Waals surface area (Å²) in [6.07, 6.45) is -0.341. The van der Waals surface area contributed by atoms with Crippen molar-refractivity contribution in [3.8, 4) is 23.4 Å². The molecule has 1 aliphatic rings. The standard InChI is InChI=1S/C18H16O7/c1-5-7-8-9(13(20)11-15(7)24-6(2)18(11,3)4)16(22)25-17(23)10(8)14(21)12(5)19/h6,19,22-23H,1-4H3/t6-/m1/s1. The highest BCUT2D eigenvalue weighted by atomic mass is 16.5. The third kappa shape index (κ3) is 1.60. The van der Waals surface area contributed by atoms with Gasteiger partial charge in [0.1, 0.15) is 22.6 Å². The van der Waals surface area contributed by atoms with Crippen LogP contribution in [0.2, 0.25) is 0 Å². The van der Waals surface area contributed by atoms with E-state index < -0.39 is 33.9 Å². The molecular formula is C18H16O7. The predicted octanol–water partition coefficient (Wildman–Crippen LogP) is 2.23. The molecule has 2 heterocycles. The molecule has 1 aliphatic heterocycles. The van der Waals surface area contributed by atoms with Crippen LogP contribution in [0.5, 0.6) is 23.4 Å². The molecule has 0 radical (unpaired) electrons. The van der Waals surface area contributed by atoms with E-state index in [-0.39, 0.29) is 33.6 Å². The van der Waals surface area contributed by atoms with Gasteiger partial charge in [-0.05, 0) is 13.8 Å². The molecule has 0 bridgehead atoms. The second-order valence-corrected chi connectivity index (χ2v) is 7.03. The Labute approximate surface area is 141 Å². The summed E-state index contributed by atoms with van der Waals surface area (Å²) in [6.45, 7) is 7.01. The molecule has 0 aliphatic carbocycles. The van der Waals surface area contributed by atoms with Gasteiger partial charge in [0.15, 0.2) is 5.75 Å². The first-order chi connectivity index (χ1) is 11.6. The molecule has 3 N–H and O–H groups in total. The van der Waals surface area contributed by atoms with Gasteiger partial charge in [0, 0.05) is 21.8 Å². The smallest absolute Gasteiger partial charge is 0.297 e. The molecule has 130 valence electrons. The van der Waals surface area contributed by atoms with E-state index in [1.165, 1.54) is 6.92 Å². The number of benzene rings is 2. The Hall–Kier alpha value is -2.96. The Balaban J connectivity index is 2.47. The Kier molecular flexibility index (Phi) is 2.71. The van der Waals surface area contributed by atoms with E-state index in [9.17, 15) is 24.9 Å². The van der Waals surface area contributed by atoms with Gasteiger partial charge in [0.25, 0.3) is 11.9 Å². The molecule has 1 atom stereocenters. The summed E-state index contributed by atoms with van der Waals surface area (Å²) in [5.41, 5.74) is -1.49. The second kappa shape index (κ2) is 4.36. The van der Waals surface area contributed by atoms with Gasteiger partial charge >= 0.3 is 0 Å². The number of aryl methyl sites for hydroxylation is 1. The van der Waals surface area contributed by atoms with Crippen molar-refractivity contribution >= 4 is 21.5 Å². The molecule has 0 unspecified atom stereocenters. The van der Waals surface area contributed by atoms with E-state index in [1.807, 2.05) is 20.8 Å². The van der Waals surface area contributed by atoms with Crippen LogP contribution in [0.1, 0.15) is 31.9 Å². The van der Waals surface area contributed by atoms with Gasteiger partial charge in [-0.1, -0.05) is 13.8 Å². The molecule has 0 saturated heterocycles. The second-order valence-electron chi connectivity index (χ2n) is 7.03. The molecule has 0 amide bonds. The summed E-state index contributed by atoms with van der Waals surface area (Å²) < 4.78 is 10.7. The van der Waals surface area contributed by atoms with Crippen LogP contribution in [-0.4, -0.2) is 21.4 Å². The molecule has 0 saturated carbocycles. The molecule has 4 rings (SSSR count). The zero-order valence-corrected chi connectivity index (χ0v) is 14.1. The van der Waals surface area contributed by atoms with Crippen molar-refractivity contribution in [2.75, 3.05) is 0 Å². The molecule has 7 heteroatoms. The molecule has 2 aromatic carbocycles. The molecule has 0 spiro atoms. The Morgan fingerprint density at radius 2 is 1.48 bits per heavy atom. The third-order valence-electron chi connectivity index (χ3n) is 5.41. The fraction of sp³-hybridized carbons (Fsp3) is 0.333. The zero-order chi connectivity index (χ0) is 18.4. The van der Waals surface area contributed by atoms with Crippen LogP contribution < -0.4 is 15.6 Å². The topological polar surface area (TPSA) is 117 Å². The Morgan fingerprint density at radius 3 is 2.08 bits per heavy atom. The van der Waals surface area contributed by atoms with Crippen LogP contribution >= 0.6 is 0 Å². The lowest BCUT2D eigenvalue weighted by atomic mass is 9.79. The SMILES string of the molecule is Cc1c(O)c(=O)c2c(O)oc(O)c3c(=O)c4c(c1c23)O[C@H](C)C4(C)C. The molecule has 0 fully saturated rings. The van der Waals surface area contributed by atoms with Crippen LogP contribution in [-0.2, 0) is 5.41 Å². The van der Waals surface area contributed by atoms with Crippen molar-refractivity contribution in [3.63, 3.8) is 0 Å². The lowest BCUT2D eigenvalue weighted by Gasteiger charge is -2.21. The summed E-state index contributed by atoms with van der Waals surface area (Å²) in [4.78, 5) is 25.5. The first kappa shape index (κ1) is 15.6. The highest BCUT2D eigenvalue weighted by Crippen LogP contribution is 2.50. The lowest BCUT2D eigenvalue weighted by molar-refractivity contribution is 0.187. The first-order valence-corrected chi connectivity index (χ1v) is 7.79. The summed E-state index contributed by atoms with van der Waals surface area (Å²) in [6, 6.07) is 0. The van der Waals surface area contributed by atoms with Gasteiger partial charge in [0.2, 0.25) is 10.9 Å². The van der Waals surface area contributed by atoms with Crippen LogP contribution in [0.15, 0.2) is 14.0 Å². The maximum atomic E-state index is 13.1. The normalized spacial score (nSPS) is 18.6. The van der Waals surface area contributed by atoms with E-state index in [1.54, 1.807) is 0 Å². The van der Waals surface area contributed by atoms with E-state index in [0.29, 0.717) is 10.9 Å². The lowest BCUT2D eigenvalue weighted by Crippen LogP contribution is -2.32. The van der Waals surface area contributed by atoms with Crippen molar-refractivity contribution < 1.29 is 24.5 Å². The summed E-state index contributed by atoms with van der Waals surface area (Å²) in [5, 5.41) is 30.2. The summed E-state index contributed by atoms with van der Waals surface area (Å²) in [5.74, 6) is -1.94. The van der Waals surface area contributed by atoms with E-state index in [4.69, 9.17) is 9.15 Å². The Morgan fingerprint density at radius 1 is 0.920 bits per heavy atom. The molecular weight excluding hydrogens is 328 g/mol. The van der Waals surface area contributed by atoms with Gasteiger partial charge < -0.3 is 24.5 Å². The van der Waals surface area contributed by atoms with Gasteiger partial charge in [-0.25, -0.2) is 0 Å². The largest absolute Gasteiger partial charge is 0.504 e. The monoisotopic (exact) mass is 344 g/mol. The van der Waals surface area contributed by atoms with Crippen molar-refractivity contribution in [1.29, 1.82) is 0 Å². The maximum absolute atomic E-state index is 13.1. The minimum atomic E-state index is -0.874. The fourth-order valence-electron chi connectivity index (χ4n) is 3.67. The van der Waals surface area contributed by atoms with Crippen molar-refractivity contribution in [2.45, 2.75) is 39.2 Å². The van der Waals surface area contributed by atoms with E-state index in [0.717, 1.165) is 0 Å². The number of fused-ring (bicyclic) bond motifs is 2. The average Bonchev–Trinajstić information content (AvgIpc) is 2.74. The van der Waals surface area contributed by atoms with Gasteiger partial charge in [0.05, 0.1) is 5.56 Å². The number of hydrogen-bond acceptors (Lipinski definition) is 7. The minimum absolute atomic E-state index is 0.0372. The highest BCUT2D eigenvalue weighted by Gasteiger charge is 2.44. The quantitative estimate of drug-likeness (QED) is 0.572. The summed E-state index contributed by atoms with van der Waals surface area (Å²) >= 11 is 0. The highest BCUT2D eigenvalue weighted by molar-refractivity contribution is 6.17. The number of phenols is 1. The summed E-state index contributed by atoms with van der Waals surface area (Å²) in [7, 11) is 0. The molecule has 1 aromatic heterocycles. The molecule has 7 nitrogen and oxygen atoms in total.